The van der Waals surface area contributed by atoms with Crippen molar-refractivity contribution >= 4 is 16.6 Å². The van der Waals surface area contributed by atoms with Crippen LogP contribution in [0, 0.1) is 5.82 Å². The van der Waals surface area contributed by atoms with Gasteiger partial charge in [0, 0.05) is 36.1 Å². The van der Waals surface area contributed by atoms with Gasteiger partial charge in [-0.25, -0.2) is 9.37 Å². The Bertz CT molecular complexity index is 1460. The van der Waals surface area contributed by atoms with Gasteiger partial charge in [0.1, 0.15) is 17.6 Å². The van der Waals surface area contributed by atoms with Gasteiger partial charge < -0.3 is 10.8 Å². The number of aliphatic hydroxyl groups is 1. The minimum absolute atomic E-state index is 0.0638. The molecule has 1 aromatic carbocycles. The number of hydrogen-bond acceptors (Lipinski definition) is 6. The Balaban J connectivity index is 1.44. The molecular formula is C25H24F4N6O. The van der Waals surface area contributed by atoms with Gasteiger partial charge in [0.25, 0.3) is 0 Å². The first kappa shape index (κ1) is 23.3. The molecule has 7 nitrogen and oxygen atoms in total. The first-order valence-corrected chi connectivity index (χ1v) is 11.8. The van der Waals surface area contributed by atoms with Crippen molar-refractivity contribution in [2.24, 2.45) is 5.73 Å². The van der Waals surface area contributed by atoms with E-state index in [2.05, 4.69) is 15.2 Å². The van der Waals surface area contributed by atoms with Crippen molar-refractivity contribution in [2.75, 3.05) is 19.7 Å². The molecule has 6 rings (SSSR count). The Morgan fingerprint density at radius 1 is 1.14 bits per heavy atom. The first-order valence-electron chi connectivity index (χ1n) is 11.8. The zero-order valence-corrected chi connectivity index (χ0v) is 19.2. The second kappa shape index (κ2) is 8.19. The highest BCUT2D eigenvalue weighted by Crippen LogP contribution is 2.49. The Hall–Kier alpha value is -3.15. The Labute approximate surface area is 203 Å². The molecule has 4 heterocycles. The molecule has 1 aliphatic carbocycles. The summed E-state index contributed by atoms with van der Waals surface area (Å²) in [6.45, 7) is 0.283. The SMILES string of the molecule is N[C@H]1CCN([C@H](c2ccc3nnc(-c4ccc5cc(F)c(C6(CO)CC6)cc5n4)n3c2)C(F)(F)F)C1. The third-order valence-corrected chi connectivity index (χ3v) is 7.41. The maximum Gasteiger partial charge on any atom is 0.408 e. The molecule has 11 heteroatoms. The maximum absolute atomic E-state index is 14.7. The molecule has 0 unspecified atom stereocenters. The van der Waals surface area contributed by atoms with Crippen molar-refractivity contribution in [3.05, 3.63) is 59.5 Å². The molecule has 4 aromatic rings. The Kier molecular flexibility index (Phi) is 5.29. The third kappa shape index (κ3) is 3.82. The lowest BCUT2D eigenvalue weighted by molar-refractivity contribution is -0.183. The molecular weight excluding hydrogens is 476 g/mol. The van der Waals surface area contributed by atoms with Gasteiger partial charge in [-0.05, 0) is 54.7 Å². The third-order valence-electron chi connectivity index (χ3n) is 7.41. The Morgan fingerprint density at radius 2 is 1.94 bits per heavy atom. The van der Waals surface area contributed by atoms with Crippen molar-refractivity contribution in [1.29, 1.82) is 0 Å². The minimum Gasteiger partial charge on any atom is -0.395 e. The Morgan fingerprint density at radius 3 is 2.61 bits per heavy atom. The van der Waals surface area contributed by atoms with Gasteiger partial charge in [0.05, 0.1) is 12.1 Å². The minimum atomic E-state index is -4.49. The number of nitrogens with two attached hydrogens (primary N) is 1. The van der Waals surface area contributed by atoms with Crippen LogP contribution >= 0.6 is 0 Å². The lowest BCUT2D eigenvalue weighted by Crippen LogP contribution is -2.38. The lowest BCUT2D eigenvalue weighted by Gasteiger charge is -2.30. The van der Waals surface area contributed by atoms with Crippen molar-refractivity contribution in [1.82, 2.24) is 24.5 Å². The van der Waals surface area contributed by atoms with E-state index in [0.29, 0.717) is 47.1 Å². The van der Waals surface area contributed by atoms with Crippen molar-refractivity contribution in [3.8, 4) is 11.5 Å². The fraction of sp³-hybridized carbons (Fsp3) is 0.400. The highest BCUT2D eigenvalue weighted by atomic mass is 19.4. The van der Waals surface area contributed by atoms with E-state index >= 15 is 0 Å². The number of nitrogens with zero attached hydrogens (tertiary/aromatic N) is 5. The number of alkyl halides is 3. The van der Waals surface area contributed by atoms with E-state index in [0.717, 1.165) is 0 Å². The predicted octanol–water partition coefficient (Wildman–Crippen LogP) is 3.74. The van der Waals surface area contributed by atoms with E-state index in [4.69, 9.17) is 5.73 Å². The average Bonchev–Trinajstić information content (AvgIpc) is 3.34. The van der Waals surface area contributed by atoms with Crippen LogP contribution in [0.2, 0.25) is 0 Å². The molecule has 2 aliphatic rings. The molecule has 0 spiro atoms. The molecule has 3 N–H and O–H groups in total. The van der Waals surface area contributed by atoms with E-state index in [1.807, 2.05) is 0 Å². The standard InChI is InChI=1S/C25H24F4N6O/c26-18-9-14-1-3-19(31-20(14)10-17(18)24(13-36)6-7-24)23-33-32-21-4-2-15(11-35(21)23)22(25(27,28)29)34-8-5-16(30)12-34/h1-4,9-11,16,22,36H,5-8,12-13,30H2/t16-,22+/m0/s1. The highest BCUT2D eigenvalue weighted by molar-refractivity contribution is 5.82. The number of rotatable bonds is 5. The predicted molar refractivity (Wildman–Crippen MR) is 125 cm³/mol. The van der Waals surface area contributed by atoms with Crippen molar-refractivity contribution in [2.45, 2.75) is 42.9 Å². The molecule has 1 aliphatic heterocycles. The molecule has 0 amide bonds. The second-order valence-corrected chi connectivity index (χ2v) is 9.86. The second-order valence-electron chi connectivity index (χ2n) is 9.86. The van der Waals surface area contributed by atoms with Crippen LogP contribution in [0.25, 0.3) is 28.1 Å². The zero-order valence-electron chi connectivity index (χ0n) is 19.2. The number of benzene rings is 1. The van der Waals surface area contributed by atoms with E-state index in [1.54, 1.807) is 18.2 Å². The monoisotopic (exact) mass is 500 g/mol. The van der Waals surface area contributed by atoms with Gasteiger partial charge in [-0.1, -0.05) is 12.1 Å². The number of halogens is 4. The first-order chi connectivity index (χ1) is 17.2. The van der Waals surface area contributed by atoms with Gasteiger partial charge >= 0.3 is 6.18 Å². The summed E-state index contributed by atoms with van der Waals surface area (Å²) in [5, 5.41) is 18.6. The summed E-state index contributed by atoms with van der Waals surface area (Å²) >= 11 is 0. The zero-order chi connectivity index (χ0) is 25.2. The van der Waals surface area contributed by atoms with Crippen molar-refractivity contribution < 1.29 is 22.7 Å². The van der Waals surface area contributed by atoms with Crippen LogP contribution in [-0.4, -0.2) is 61.5 Å². The fourth-order valence-electron chi connectivity index (χ4n) is 5.24. The van der Waals surface area contributed by atoms with Crippen LogP contribution in [0.3, 0.4) is 0 Å². The van der Waals surface area contributed by atoms with E-state index in [9.17, 15) is 22.7 Å². The summed E-state index contributed by atoms with van der Waals surface area (Å²) in [5.41, 5.74) is 7.08. The quantitative estimate of drug-likeness (QED) is 0.406. The summed E-state index contributed by atoms with van der Waals surface area (Å²) in [5.74, 6) is -0.108. The molecule has 3 aromatic heterocycles. The molecule has 36 heavy (non-hydrogen) atoms. The van der Waals surface area contributed by atoms with E-state index in [1.165, 1.54) is 33.7 Å². The molecule has 1 saturated carbocycles. The van der Waals surface area contributed by atoms with Crippen LogP contribution in [0.15, 0.2) is 42.6 Å². The number of likely N-dealkylation sites (tertiary alicyclic amines) is 1. The van der Waals surface area contributed by atoms with Gasteiger partial charge in [-0.3, -0.25) is 9.30 Å². The van der Waals surface area contributed by atoms with Crippen LogP contribution < -0.4 is 5.73 Å². The molecule has 1 saturated heterocycles. The number of hydrogen-bond donors (Lipinski definition) is 2. The maximum atomic E-state index is 14.7. The topological polar surface area (TPSA) is 92.6 Å². The smallest absolute Gasteiger partial charge is 0.395 e. The highest BCUT2D eigenvalue weighted by Gasteiger charge is 2.47. The van der Waals surface area contributed by atoms with Crippen LogP contribution in [0.5, 0.6) is 0 Å². The van der Waals surface area contributed by atoms with Crippen LogP contribution in [0.4, 0.5) is 17.6 Å². The summed E-state index contributed by atoms with van der Waals surface area (Å²) in [4.78, 5) is 5.99. The summed E-state index contributed by atoms with van der Waals surface area (Å²) in [6.07, 6.45) is -1.18. The van der Waals surface area contributed by atoms with E-state index < -0.39 is 17.6 Å². The summed E-state index contributed by atoms with van der Waals surface area (Å²) < 4.78 is 58.6. The fourth-order valence-corrected chi connectivity index (χ4v) is 5.24. The van der Waals surface area contributed by atoms with Crippen LogP contribution in [0.1, 0.15) is 36.4 Å². The normalized spacial score (nSPS) is 20.9. The average molecular weight is 501 g/mol. The van der Waals surface area contributed by atoms with Crippen LogP contribution in [-0.2, 0) is 5.41 Å². The molecule has 0 bridgehead atoms. The lowest BCUT2D eigenvalue weighted by atomic mass is 9.95. The summed E-state index contributed by atoms with van der Waals surface area (Å²) in [7, 11) is 0. The number of aliphatic hydroxyl groups excluding tert-OH is 1. The summed E-state index contributed by atoms with van der Waals surface area (Å²) in [6, 6.07) is 7.21. The number of pyridine rings is 2. The number of aromatic nitrogens is 4. The van der Waals surface area contributed by atoms with Gasteiger partial charge in [0.2, 0.25) is 0 Å². The van der Waals surface area contributed by atoms with Crippen molar-refractivity contribution in [3.63, 3.8) is 0 Å². The van der Waals surface area contributed by atoms with Gasteiger partial charge in [0.15, 0.2) is 11.5 Å². The van der Waals surface area contributed by atoms with E-state index in [-0.39, 0.29) is 42.9 Å². The molecule has 2 fully saturated rings. The van der Waals surface area contributed by atoms with Gasteiger partial charge in [-0.2, -0.15) is 13.2 Å². The van der Waals surface area contributed by atoms with Gasteiger partial charge in [-0.15, -0.1) is 10.2 Å². The molecule has 2 atom stereocenters. The molecule has 188 valence electrons. The molecule has 0 radical (unpaired) electrons. The number of fused-ring (bicyclic) bond motifs is 2. The largest absolute Gasteiger partial charge is 0.408 e.